The maximum Gasteiger partial charge on any atom is 0.254 e. The second kappa shape index (κ2) is 8.75. The van der Waals surface area contributed by atoms with Crippen molar-refractivity contribution in [1.29, 1.82) is 0 Å². The van der Waals surface area contributed by atoms with Crippen LogP contribution >= 0.6 is 0 Å². The summed E-state index contributed by atoms with van der Waals surface area (Å²) in [6.07, 6.45) is 0. The number of carbonyl (C=O) groups excluding carboxylic acids is 2. The van der Waals surface area contributed by atoms with Gasteiger partial charge in [-0.25, -0.2) is 0 Å². The van der Waals surface area contributed by atoms with Crippen molar-refractivity contribution in [3.05, 3.63) is 53.6 Å². The molecular weight excluding hydrogens is 382 g/mol. The Morgan fingerprint density at radius 3 is 2.53 bits per heavy atom. The molecule has 0 aromatic heterocycles. The van der Waals surface area contributed by atoms with Gasteiger partial charge in [0.1, 0.15) is 0 Å². The minimum absolute atomic E-state index is 0.00150. The number of hydrogen-bond acceptors (Lipinski definition) is 5. The molecule has 7 heteroatoms. The molecule has 0 spiro atoms. The zero-order valence-electron chi connectivity index (χ0n) is 17.4. The highest BCUT2D eigenvalue weighted by atomic mass is 16.7. The first-order chi connectivity index (χ1) is 14.5. The first-order valence-corrected chi connectivity index (χ1v) is 10.3. The lowest BCUT2D eigenvalue weighted by atomic mass is 10.1. The van der Waals surface area contributed by atoms with Gasteiger partial charge >= 0.3 is 0 Å². The number of anilines is 1. The summed E-state index contributed by atoms with van der Waals surface area (Å²) in [6.45, 7) is 7.74. The molecule has 1 N–H and O–H groups in total. The normalized spacial score (nSPS) is 16.0. The number of nitrogens with one attached hydrogen (secondary N) is 1. The molecular formula is C23H27N3O4. The largest absolute Gasteiger partial charge is 0.454 e. The summed E-state index contributed by atoms with van der Waals surface area (Å²) in [4.78, 5) is 29.1. The second-order valence-electron chi connectivity index (χ2n) is 7.98. The molecule has 1 saturated heterocycles. The van der Waals surface area contributed by atoms with Gasteiger partial charge in [0.2, 0.25) is 12.7 Å². The first kappa shape index (κ1) is 20.2. The van der Waals surface area contributed by atoms with Crippen molar-refractivity contribution >= 4 is 17.5 Å². The summed E-state index contributed by atoms with van der Waals surface area (Å²) in [5.41, 5.74) is 2.43. The van der Waals surface area contributed by atoms with Crippen LogP contribution in [-0.4, -0.2) is 54.6 Å². The minimum Gasteiger partial charge on any atom is -0.454 e. The molecule has 0 aliphatic carbocycles. The number of piperazine rings is 1. The van der Waals surface area contributed by atoms with Crippen molar-refractivity contribution in [3.8, 4) is 11.5 Å². The Hall–Kier alpha value is -3.06. The minimum atomic E-state index is -0.109. The van der Waals surface area contributed by atoms with E-state index in [1.807, 2.05) is 30.9 Å². The fourth-order valence-electron chi connectivity index (χ4n) is 3.61. The molecule has 2 aliphatic heterocycles. The highest BCUT2D eigenvalue weighted by molar-refractivity contribution is 5.97. The molecule has 2 aliphatic rings. The molecule has 2 aromatic rings. The van der Waals surface area contributed by atoms with E-state index in [2.05, 4.69) is 16.3 Å². The maximum absolute atomic E-state index is 12.9. The van der Waals surface area contributed by atoms with Gasteiger partial charge in [0.15, 0.2) is 11.5 Å². The van der Waals surface area contributed by atoms with Crippen molar-refractivity contribution < 1.29 is 19.1 Å². The average molecular weight is 409 g/mol. The van der Waals surface area contributed by atoms with Crippen LogP contribution in [0.25, 0.3) is 0 Å². The Balaban J connectivity index is 1.32. The van der Waals surface area contributed by atoms with Crippen molar-refractivity contribution in [3.63, 3.8) is 0 Å². The van der Waals surface area contributed by atoms with Gasteiger partial charge in [0.05, 0.1) is 0 Å². The fraction of sp³-hybridized carbons (Fsp3) is 0.391. The number of hydrogen-bond donors (Lipinski definition) is 1. The third kappa shape index (κ3) is 4.57. The van der Waals surface area contributed by atoms with Crippen molar-refractivity contribution in [1.82, 2.24) is 9.80 Å². The number of amides is 2. The second-order valence-corrected chi connectivity index (χ2v) is 7.98. The van der Waals surface area contributed by atoms with E-state index in [1.54, 1.807) is 24.3 Å². The van der Waals surface area contributed by atoms with Crippen molar-refractivity contribution in [2.75, 3.05) is 38.3 Å². The Morgan fingerprint density at radius 2 is 1.77 bits per heavy atom. The Kier molecular flexibility index (Phi) is 5.90. The predicted octanol–water partition coefficient (Wildman–Crippen LogP) is 2.97. The number of carbonyl (C=O) groups is 2. The van der Waals surface area contributed by atoms with Crippen molar-refractivity contribution in [2.24, 2.45) is 5.92 Å². The third-order valence-electron chi connectivity index (χ3n) is 5.40. The Morgan fingerprint density at radius 1 is 1.00 bits per heavy atom. The topological polar surface area (TPSA) is 71.1 Å². The van der Waals surface area contributed by atoms with Crippen LogP contribution < -0.4 is 14.8 Å². The van der Waals surface area contributed by atoms with E-state index in [0.717, 1.165) is 31.1 Å². The summed E-state index contributed by atoms with van der Waals surface area (Å²) in [5.74, 6) is 1.42. The summed E-state index contributed by atoms with van der Waals surface area (Å²) in [7, 11) is 0. The van der Waals surface area contributed by atoms with Gasteiger partial charge in [0, 0.05) is 49.9 Å². The van der Waals surface area contributed by atoms with Gasteiger partial charge in [-0.15, -0.1) is 0 Å². The van der Waals surface area contributed by atoms with Gasteiger partial charge in [-0.3, -0.25) is 14.5 Å². The van der Waals surface area contributed by atoms with Crippen LogP contribution in [0.5, 0.6) is 11.5 Å². The van der Waals surface area contributed by atoms with Gasteiger partial charge in [-0.2, -0.15) is 0 Å². The number of nitrogens with zero attached hydrogens (tertiary/aromatic N) is 2. The van der Waals surface area contributed by atoms with E-state index in [1.165, 1.54) is 5.56 Å². The highest BCUT2D eigenvalue weighted by Crippen LogP contribution is 2.32. The number of rotatable bonds is 5. The van der Waals surface area contributed by atoms with Crippen LogP contribution in [0, 0.1) is 5.92 Å². The third-order valence-corrected chi connectivity index (χ3v) is 5.40. The van der Waals surface area contributed by atoms with E-state index in [-0.39, 0.29) is 24.5 Å². The predicted molar refractivity (Wildman–Crippen MR) is 114 cm³/mol. The number of benzene rings is 2. The molecule has 7 nitrogen and oxygen atoms in total. The monoisotopic (exact) mass is 409 g/mol. The average Bonchev–Trinajstić information content (AvgIpc) is 3.22. The van der Waals surface area contributed by atoms with Gasteiger partial charge in [0.25, 0.3) is 5.91 Å². The number of ether oxygens (including phenoxy) is 2. The van der Waals surface area contributed by atoms with Crippen LogP contribution in [0.1, 0.15) is 29.8 Å². The highest BCUT2D eigenvalue weighted by Gasteiger charge is 2.23. The van der Waals surface area contributed by atoms with E-state index in [4.69, 9.17) is 9.47 Å². The van der Waals surface area contributed by atoms with Crippen LogP contribution in [0.15, 0.2) is 42.5 Å². The summed E-state index contributed by atoms with van der Waals surface area (Å²) < 4.78 is 10.8. The van der Waals surface area contributed by atoms with E-state index in [0.29, 0.717) is 24.3 Å². The van der Waals surface area contributed by atoms with Crippen LogP contribution in [0.2, 0.25) is 0 Å². The summed E-state index contributed by atoms with van der Waals surface area (Å²) in [6, 6.07) is 13.2. The molecule has 0 bridgehead atoms. The Labute approximate surface area is 176 Å². The lowest BCUT2D eigenvalue weighted by molar-refractivity contribution is -0.118. The molecule has 158 valence electrons. The summed E-state index contributed by atoms with van der Waals surface area (Å²) in [5, 5.41) is 2.85. The lowest BCUT2D eigenvalue weighted by Crippen LogP contribution is -2.48. The fourth-order valence-corrected chi connectivity index (χ4v) is 3.61. The zero-order chi connectivity index (χ0) is 21.1. The molecule has 0 saturated carbocycles. The molecule has 0 radical (unpaired) electrons. The van der Waals surface area contributed by atoms with E-state index < -0.39 is 0 Å². The van der Waals surface area contributed by atoms with Gasteiger partial charge in [-0.05, 0) is 35.9 Å². The summed E-state index contributed by atoms with van der Waals surface area (Å²) >= 11 is 0. The maximum atomic E-state index is 12.9. The molecule has 30 heavy (non-hydrogen) atoms. The van der Waals surface area contributed by atoms with Crippen LogP contribution in [0.4, 0.5) is 5.69 Å². The quantitative estimate of drug-likeness (QED) is 0.822. The Bertz CT molecular complexity index is 936. The lowest BCUT2D eigenvalue weighted by Gasteiger charge is -2.34. The molecule has 0 atom stereocenters. The molecule has 0 unspecified atom stereocenters. The van der Waals surface area contributed by atoms with Crippen LogP contribution in [0.3, 0.4) is 0 Å². The molecule has 2 amide bonds. The SMILES string of the molecule is CC(C)C(=O)Nc1cccc(C(=O)N2CCN(Cc3ccc4c(c3)OCO4)CC2)c1. The number of fused-ring (bicyclic) bond motifs is 1. The molecule has 2 heterocycles. The van der Waals surface area contributed by atoms with E-state index in [9.17, 15) is 9.59 Å². The molecule has 4 rings (SSSR count). The van der Waals surface area contributed by atoms with Gasteiger partial charge in [-0.1, -0.05) is 26.0 Å². The molecule has 2 aromatic carbocycles. The molecule has 1 fully saturated rings. The van der Waals surface area contributed by atoms with Gasteiger partial charge < -0.3 is 19.7 Å². The van der Waals surface area contributed by atoms with Crippen LogP contribution in [-0.2, 0) is 11.3 Å². The van der Waals surface area contributed by atoms with Crippen molar-refractivity contribution in [2.45, 2.75) is 20.4 Å². The van der Waals surface area contributed by atoms with E-state index >= 15 is 0 Å². The first-order valence-electron chi connectivity index (χ1n) is 10.3. The standard InChI is InChI=1S/C23H27N3O4/c1-16(2)22(27)24-19-5-3-4-18(13-19)23(28)26-10-8-25(9-11-26)14-17-6-7-20-21(12-17)30-15-29-20/h3-7,12-13,16H,8-11,14-15H2,1-2H3,(H,24,27). The smallest absolute Gasteiger partial charge is 0.254 e. The zero-order valence-corrected chi connectivity index (χ0v) is 17.4.